The third-order valence-corrected chi connectivity index (χ3v) is 3.62. The summed E-state index contributed by atoms with van der Waals surface area (Å²) < 4.78 is 14.6. The van der Waals surface area contributed by atoms with Crippen molar-refractivity contribution in [2.45, 2.75) is 0 Å². The van der Waals surface area contributed by atoms with Crippen molar-refractivity contribution in [3.05, 3.63) is 78.5 Å². The van der Waals surface area contributed by atoms with Gasteiger partial charge in [0.25, 0.3) is 0 Å². The van der Waals surface area contributed by atoms with Crippen molar-refractivity contribution in [3.63, 3.8) is 0 Å². The first kappa shape index (κ1) is 14.9. The minimum atomic E-state index is -0.282. The summed E-state index contributed by atoms with van der Waals surface area (Å²) in [6.07, 6.45) is 4.74. The summed E-state index contributed by atoms with van der Waals surface area (Å²) in [5.74, 6) is 0.265. The van der Waals surface area contributed by atoms with Crippen LogP contribution in [-0.4, -0.2) is 26.0 Å². The number of fused-ring (bicyclic) bond motifs is 1. The highest BCUT2D eigenvalue weighted by Gasteiger charge is 2.10. The quantitative estimate of drug-likeness (QED) is 0.459. The highest BCUT2D eigenvalue weighted by Crippen LogP contribution is 2.21. The van der Waals surface area contributed by atoms with Crippen molar-refractivity contribution in [1.82, 2.24) is 19.7 Å². The van der Waals surface area contributed by atoms with E-state index >= 15 is 0 Å². The summed E-state index contributed by atoms with van der Waals surface area (Å²) in [7, 11) is 0. The Labute approximate surface area is 142 Å². The third kappa shape index (κ3) is 3.07. The van der Waals surface area contributed by atoms with E-state index in [-0.39, 0.29) is 5.82 Å². The van der Waals surface area contributed by atoms with Crippen LogP contribution < -0.4 is 5.43 Å². The van der Waals surface area contributed by atoms with Crippen molar-refractivity contribution in [1.29, 1.82) is 0 Å². The fourth-order valence-corrected chi connectivity index (χ4v) is 2.41. The van der Waals surface area contributed by atoms with Crippen LogP contribution in [-0.2, 0) is 0 Å². The van der Waals surface area contributed by atoms with Crippen LogP contribution in [0.5, 0.6) is 0 Å². The second-order valence-corrected chi connectivity index (χ2v) is 5.27. The van der Waals surface area contributed by atoms with Crippen molar-refractivity contribution < 1.29 is 4.39 Å². The Kier molecular flexibility index (Phi) is 3.88. The zero-order valence-corrected chi connectivity index (χ0v) is 13.0. The molecular weight excluding hydrogens is 319 g/mol. The number of anilines is 1. The highest BCUT2D eigenvalue weighted by molar-refractivity contribution is 5.88. The monoisotopic (exact) mass is 332 g/mol. The first-order valence-electron chi connectivity index (χ1n) is 7.60. The van der Waals surface area contributed by atoms with Crippen LogP contribution in [0.3, 0.4) is 0 Å². The predicted molar refractivity (Wildman–Crippen MR) is 94.3 cm³/mol. The fourth-order valence-electron chi connectivity index (χ4n) is 2.41. The Morgan fingerprint density at radius 1 is 1.00 bits per heavy atom. The Hall–Kier alpha value is -3.61. The molecule has 4 aromatic rings. The maximum absolute atomic E-state index is 12.9. The lowest BCUT2D eigenvalue weighted by molar-refractivity contribution is 0.628. The summed E-state index contributed by atoms with van der Waals surface area (Å²) in [6.45, 7) is 0. The molecule has 2 aromatic heterocycles. The largest absolute Gasteiger partial charge is 0.261 e. The van der Waals surface area contributed by atoms with Gasteiger partial charge < -0.3 is 0 Å². The van der Waals surface area contributed by atoms with Crippen LogP contribution in [0.4, 0.5) is 10.2 Å². The standard InChI is InChI=1S/C18H13FN6/c19-14-8-6-13(7-9-14)10-22-24-17-16-11-23-25(18(16)21-12-20-17)15-4-2-1-3-5-15/h1-12H,(H,20,21,24). The normalized spacial score (nSPS) is 11.2. The van der Waals surface area contributed by atoms with Gasteiger partial charge >= 0.3 is 0 Å². The number of halogens is 1. The fraction of sp³-hybridized carbons (Fsp3) is 0. The van der Waals surface area contributed by atoms with Crippen LogP contribution in [0, 0.1) is 5.82 Å². The first-order valence-corrected chi connectivity index (χ1v) is 7.60. The van der Waals surface area contributed by atoms with Crippen molar-refractivity contribution in [2.75, 3.05) is 5.43 Å². The number of para-hydroxylation sites is 1. The second-order valence-electron chi connectivity index (χ2n) is 5.27. The van der Waals surface area contributed by atoms with E-state index in [2.05, 4.69) is 25.6 Å². The number of nitrogens with zero attached hydrogens (tertiary/aromatic N) is 5. The molecule has 0 saturated heterocycles. The molecule has 7 heteroatoms. The molecule has 0 spiro atoms. The molecule has 2 aromatic carbocycles. The Morgan fingerprint density at radius 2 is 1.80 bits per heavy atom. The number of hydrogen-bond acceptors (Lipinski definition) is 5. The smallest absolute Gasteiger partial charge is 0.168 e. The van der Waals surface area contributed by atoms with E-state index in [0.29, 0.717) is 11.5 Å². The van der Waals surface area contributed by atoms with Crippen LogP contribution >= 0.6 is 0 Å². The van der Waals surface area contributed by atoms with Crippen LogP contribution in [0.15, 0.2) is 72.2 Å². The van der Waals surface area contributed by atoms with E-state index in [4.69, 9.17) is 0 Å². The highest BCUT2D eigenvalue weighted by atomic mass is 19.1. The van der Waals surface area contributed by atoms with E-state index in [1.54, 1.807) is 29.2 Å². The van der Waals surface area contributed by atoms with Crippen molar-refractivity contribution in [2.24, 2.45) is 5.10 Å². The van der Waals surface area contributed by atoms with Gasteiger partial charge in [0.1, 0.15) is 12.1 Å². The average Bonchev–Trinajstić information content (AvgIpc) is 3.09. The molecule has 1 N–H and O–H groups in total. The molecule has 0 fully saturated rings. The molecule has 0 unspecified atom stereocenters. The summed E-state index contributed by atoms with van der Waals surface area (Å²) >= 11 is 0. The molecular formula is C18H13FN6. The van der Waals surface area contributed by atoms with Crippen molar-refractivity contribution >= 4 is 23.1 Å². The Balaban J connectivity index is 1.62. The zero-order chi connectivity index (χ0) is 17.1. The van der Waals surface area contributed by atoms with E-state index in [9.17, 15) is 4.39 Å². The van der Waals surface area contributed by atoms with Crippen LogP contribution in [0.1, 0.15) is 5.56 Å². The number of hydrogen-bond donors (Lipinski definition) is 1. The number of benzene rings is 2. The summed E-state index contributed by atoms with van der Waals surface area (Å²) in [4.78, 5) is 8.52. The number of nitrogens with one attached hydrogen (secondary N) is 1. The minimum Gasteiger partial charge on any atom is -0.261 e. The summed E-state index contributed by atoms with van der Waals surface area (Å²) in [6, 6.07) is 15.8. The van der Waals surface area contributed by atoms with Gasteiger partial charge in [0, 0.05) is 0 Å². The number of hydrazone groups is 1. The number of aromatic nitrogens is 4. The molecule has 4 rings (SSSR count). The van der Waals surface area contributed by atoms with Crippen molar-refractivity contribution in [3.8, 4) is 5.69 Å². The molecule has 0 aliphatic rings. The van der Waals surface area contributed by atoms with Gasteiger partial charge in [-0.2, -0.15) is 10.2 Å². The second kappa shape index (κ2) is 6.48. The molecule has 122 valence electrons. The molecule has 6 nitrogen and oxygen atoms in total. The van der Waals surface area contributed by atoms with Crippen LogP contribution in [0.2, 0.25) is 0 Å². The van der Waals surface area contributed by atoms with Gasteiger partial charge in [-0.05, 0) is 29.8 Å². The molecule has 0 bridgehead atoms. The lowest BCUT2D eigenvalue weighted by Crippen LogP contribution is -1.99. The Bertz CT molecular complexity index is 1020. The number of rotatable bonds is 4. The van der Waals surface area contributed by atoms with E-state index in [0.717, 1.165) is 16.6 Å². The van der Waals surface area contributed by atoms with Gasteiger partial charge in [-0.3, -0.25) is 5.43 Å². The van der Waals surface area contributed by atoms with Gasteiger partial charge in [0.05, 0.1) is 23.5 Å². The summed E-state index contributed by atoms with van der Waals surface area (Å²) in [5, 5.41) is 9.28. The van der Waals surface area contributed by atoms with Gasteiger partial charge in [0.2, 0.25) is 0 Å². The van der Waals surface area contributed by atoms with E-state index in [1.807, 2.05) is 30.3 Å². The van der Waals surface area contributed by atoms with Gasteiger partial charge in [-0.15, -0.1) is 0 Å². The van der Waals surface area contributed by atoms with Gasteiger partial charge in [-0.25, -0.2) is 19.0 Å². The lowest BCUT2D eigenvalue weighted by atomic mass is 10.2. The molecule has 25 heavy (non-hydrogen) atoms. The van der Waals surface area contributed by atoms with Gasteiger partial charge in [0.15, 0.2) is 11.5 Å². The molecule has 0 radical (unpaired) electrons. The summed E-state index contributed by atoms with van der Waals surface area (Å²) in [5.41, 5.74) is 5.26. The topological polar surface area (TPSA) is 68.0 Å². The molecule has 0 aliphatic carbocycles. The minimum absolute atomic E-state index is 0.282. The maximum atomic E-state index is 12.9. The molecule has 0 saturated carbocycles. The maximum Gasteiger partial charge on any atom is 0.168 e. The zero-order valence-electron chi connectivity index (χ0n) is 13.0. The van der Waals surface area contributed by atoms with Crippen LogP contribution in [0.25, 0.3) is 16.7 Å². The molecule has 0 aliphatic heterocycles. The van der Waals surface area contributed by atoms with Gasteiger partial charge in [-0.1, -0.05) is 30.3 Å². The van der Waals surface area contributed by atoms with E-state index < -0.39 is 0 Å². The first-order chi connectivity index (χ1) is 12.3. The third-order valence-electron chi connectivity index (χ3n) is 3.62. The van der Waals surface area contributed by atoms with E-state index in [1.165, 1.54) is 18.5 Å². The molecule has 0 atom stereocenters. The SMILES string of the molecule is Fc1ccc(C=NNc2ncnc3c2cnn3-c2ccccc2)cc1. The Morgan fingerprint density at radius 3 is 2.60 bits per heavy atom. The molecule has 0 amide bonds. The molecule has 2 heterocycles. The average molecular weight is 332 g/mol. The predicted octanol–water partition coefficient (Wildman–Crippen LogP) is 3.40. The lowest BCUT2D eigenvalue weighted by Gasteiger charge is -2.03.